The number of nitriles is 1. The molecule has 0 aliphatic carbocycles. The number of nitrogens with zero attached hydrogens (tertiary/aromatic N) is 1. The molecule has 0 saturated carbocycles. The average molecular weight is 192 g/mol. The summed E-state index contributed by atoms with van der Waals surface area (Å²) in [6, 6.07) is 3.90. The molecule has 1 aromatic carbocycles. The number of aromatic amines is 1. The summed E-state index contributed by atoms with van der Waals surface area (Å²) < 4.78 is 26.5. The molecule has 0 atom stereocenters. The van der Waals surface area contributed by atoms with Crippen molar-refractivity contribution in [2.75, 3.05) is 0 Å². The van der Waals surface area contributed by atoms with Gasteiger partial charge in [0.2, 0.25) is 0 Å². The van der Waals surface area contributed by atoms with Crippen molar-refractivity contribution in [2.24, 2.45) is 0 Å². The van der Waals surface area contributed by atoms with Gasteiger partial charge in [-0.1, -0.05) is 0 Å². The fourth-order valence-electron chi connectivity index (χ4n) is 1.50. The Morgan fingerprint density at radius 1 is 1.29 bits per heavy atom. The SMILES string of the molecule is Cc1[nH]c2c(F)ccc(F)c2c1C#N. The number of hydrogen-bond acceptors (Lipinski definition) is 1. The summed E-state index contributed by atoms with van der Waals surface area (Å²) in [6.07, 6.45) is 0. The normalized spacial score (nSPS) is 10.4. The molecule has 1 N–H and O–H groups in total. The number of hydrogen-bond donors (Lipinski definition) is 1. The predicted molar refractivity (Wildman–Crippen MR) is 47.7 cm³/mol. The van der Waals surface area contributed by atoms with Crippen molar-refractivity contribution in [1.29, 1.82) is 5.26 Å². The number of benzene rings is 1. The second-order valence-electron chi connectivity index (χ2n) is 3.02. The lowest BCUT2D eigenvalue weighted by Gasteiger charge is -1.93. The summed E-state index contributed by atoms with van der Waals surface area (Å²) >= 11 is 0. The zero-order valence-corrected chi connectivity index (χ0v) is 7.36. The van der Waals surface area contributed by atoms with Crippen molar-refractivity contribution in [1.82, 2.24) is 4.98 Å². The Bertz CT molecular complexity index is 549. The number of H-pyrrole nitrogens is 1. The van der Waals surface area contributed by atoms with E-state index >= 15 is 0 Å². The van der Waals surface area contributed by atoms with Crippen LogP contribution in [0.3, 0.4) is 0 Å². The molecule has 1 heterocycles. The molecule has 14 heavy (non-hydrogen) atoms. The van der Waals surface area contributed by atoms with Crippen molar-refractivity contribution in [3.8, 4) is 6.07 Å². The van der Waals surface area contributed by atoms with Gasteiger partial charge in [-0.2, -0.15) is 5.26 Å². The van der Waals surface area contributed by atoms with Crippen LogP contribution in [-0.4, -0.2) is 4.98 Å². The fraction of sp³-hybridized carbons (Fsp3) is 0.100. The van der Waals surface area contributed by atoms with E-state index in [1.807, 2.05) is 6.07 Å². The average Bonchev–Trinajstić information content (AvgIpc) is 2.50. The molecule has 0 aliphatic rings. The van der Waals surface area contributed by atoms with Crippen molar-refractivity contribution in [3.63, 3.8) is 0 Å². The van der Waals surface area contributed by atoms with Gasteiger partial charge in [0.1, 0.15) is 17.7 Å². The van der Waals surface area contributed by atoms with Gasteiger partial charge in [0.25, 0.3) is 0 Å². The Balaban J connectivity index is 3.03. The molecule has 2 aromatic rings. The molecular weight excluding hydrogens is 186 g/mol. The lowest BCUT2D eigenvalue weighted by atomic mass is 10.1. The van der Waals surface area contributed by atoms with E-state index in [0.29, 0.717) is 5.69 Å². The van der Waals surface area contributed by atoms with Crippen LogP contribution >= 0.6 is 0 Å². The van der Waals surface area contributed by atoms with Crippen molar-refractivity contribution < 1.29 is 8.78 Å². The van der Waals surface area contributed by atoms with Crippen molar-refractivity contribution in [2.45, 2.75) is 6.92 Å². The van der Waals surface area contributed by atoms with E-state index < -0.39 is 11.6 Å². The topological polar surface area (TPSA) is 39.6 Å². The van der Waals surface area contributed by atoms with Crippen LogP contribution < -0.4 is 0 Å². The van der Waals surface area contributed by atoms with Gasteiger partial charge in [0.05, 0.1) is 16.5 Å². The molecule has 0 spiro atoms. The zero-order valence-electron chi connectivity index (χ0n) is 7.36. The van der Waals surface area contributed by atoms with Crippen LogP contribution in [-0.2, 0) is 0 Å². The molecule has 0 fully saturated rings. The van der Waals surface area contributed by atoms with Crippen LogP contribution in [0.25, 0.3) is 10.9 Å². The molecule has 0 radical (unpaired) electrons. The van der Waals surface area contributed by atoms with Crippen molar-refractivity contribution >= 4 is 10.9 Å². The van der Waals surface area contributed by atoms with Gasteiger partial charge < -0.3 is 4.98 Å². The smallest absolute Gasteiger partial charge is 0.147 e. The molecule has 0 saturated heterocycles. The molecular formula is C10H6F2N2. The van der Waals surface area contributed by atoms with Crippen LogP contribution in [0.1, 0.15) is 11.3 Å². The Kier molecular flexibility index (Phi) is 1.74. The van der Waals surface area contributed by atoms with Crippen LogP contribution in [0.5, 0.6) is 0 Å². The van der Waals surface area contributed by atoms with E-state index in [4.69, 9.17) is 5.26 Å². The molecule has 2 nitrogen and oxygen atoms in total. The lowest BCUT2D eigenvalue weighted by Crippen LogP contribution is -1.82. The first kappa shape index (κ1) is 8.70. The third-order valence-electron chi connectivity index (χ3n) is 2.15. The third-order valence-corrected chi connectivity index (χ3v) is 2.15. The largest absolute Gasteiger partial charge is 0.355 e. The summed E-state index contributed by atoms with van der Waals surface area (Å²) in [5, 5.41) is 8.79. The lowest BCUT2D eigenvalue weighted by molar-refractivity contribution is 0.616. The number of rotatable bonds is 0. The van der Waals surface area contributed by atoms with Gasteiger partial charge in [-0.15, -0.1) is 0 Å². The molecule has 70 valence electrons. The molecule has 1 aromatic heterocycles. The van der Waals surface area contributed by atoms with E-state index in [-0.39, 0.29) is 16.5 Å². The minimum absolute atomic E-state index is 0.0324. The highest BCUT2D eigenvalue weighted by atomic mass is 19.1. The van der Waals surface area contributed by atoms with E-state index in [9.17, 15) is 8.78 Å². The predicted octanol–water partition coefficient (Wildman–Crippen LogP) is 2.63. The first-order valence-electron chi connectivity index (χ1n) is 4.01. The number of aromatic nitrogens is 1. The van der Waals surface area contributed by atoms with Gasteiger partial charge in [0.15, 0.2) is 0 Å². The summed E-state index contributed by atoms with van der Waals surface area (Å²) in [7, 11) is 0. The molecule has 0 unspecified atom stereocenters. The van der Waals surface area contributed by atoms with Crippen LogP contribution in [0, 0.1) is 29.9 Å². The van der Waals surface area contributed by atoms with E-state index in [0.717, 1.165) is 12.1 Å². The Morgan fingerprint density at radius 2 is 1.93 bits per heavy atom. The number of nitrogens with one attached hydrogen (secondary N) is 1. The van der Waals surface area contributed by atoms with E-state index in [1.165, 1.54) is 0 Å². The van der Waals surface area contributed by atoms with Crippen LogP contribution in [0.4, 0.5) is 8.78 Å². The fourth-order valence-corrected chi connectivity index (χ4v) is 1.50. The number of fused-ring (bicyclic) bond motifs is 1. The summed E-state index contributed by atoms with van der Waals surface area (Å²) in [5.74, 6) is -1.13. The maximum Gasteiger partial charge on any atom is 0.147 e. The van der Waals surface area contributed by atoms with Gasteiger partial charge in [-0.3, -0.25) is 0 Å². The zero-order chi connectivity index (χ0) is 10.3. The summed E-state index contributed by atoms with van der Waals surface area (Å²) in [5.41, 5.74) is 0.697. The Labute approximate surface area is 78.8 Å². The van der Waals surface area contributed by atoms with Gasteiger partial charge in [-0.25, -0.2) is 8.78 Å². The molecule has 0 aliphatic heterocycles. The van der Waals surface area contributed by atoms with Gasteiger partial charge >= 0.3 is 0 Å². The molecule has 0 amide bonds. The summed E-state index contributed by atoms with van der Waals surface area (Å²) in [4.78, 5) is 2.65. The number of halogens is 2. The monoisotopic (exact) mass is 192 g/mol. The summed E-state index contributed by atoms with van der Waals surface area (Å²) in [6.45, 7) is 1.61. The first-order chi connectivity index (χ1) is 6.65. The van der Waals surface area contributed by atoms with Gasteiger partial charge in [-0.05, 0) is 19.1 Å². The van der Waals surface area contributed by atoms with Gasteiger partial charge in [0, 0.05) is 5.69 Å². The van der Waals surface area contributed by atoms with E-state index in [2.05, 4.69) is 4.98 Å². The molecule has 4 heteroatoms. The Hall–Kier alpha value is -1.89. The Morgan fingerprint density at radius 3 is 2.57 bits per heavy atom. The molecule has 2 rings (SSSR count). The standard InChI is InChI=1S/C10H6F2N2/c1-5-6(4-13)9-7(11)2-3-8(12)10(9)14-5/h2-3,14H,1H3. The third kappa shape index (κ3) is 0.990. The van der Waals surface area contributed by atoms with Crippen LogP contribution in [0.15, 0.2) is 12.1 Å². The highest BCUT2D eigenvalue weighted by molar-refractivity contribution is 5.88. The molecule has 0 bridgehead atoms. The first-order valence-corrected chi connectivity index (χ1v) is 4.01. The number of aryl methyl sites for hydroxylation is 1. The van der Waals surface area contributed by atoms with Crippen molar-refractivity contribution in [3.05, 3.63) is 35.0 Å². The minimum atomic E-state index is -0.581. The second-order valence-corrected chi connectivity index (χ2v) is 3.02. The maximum atomic E-state index is 13.3. The highest BCUT2D eigenvalue weighted by Crippen LogP contribution is 2.26. The van der Waals surface area contributed by atoms with E-state index in [1.54, 1.807) is 6.92 Å². The quantitative estimate of drug-likeness (QED) is 0.684. The highest BCUT2D eigenvalue weighted by Gasteiger charge is 2.14. The minimum Gasteiger partial charge on any atom is -0.355 e. The maximum absolute atomic E-state index is 13.3. The second kappa shape index (κ2) is 2.81. The van der Waals surface area contributed by atoms with Crippen LogP contribution in [0.2, 0.25) is 0 Å².